The Balaban J connectivity index is 2.10. The third kappa shape index (κ3) is 2.91. The molecule has 0 aliphatic heterocycles. The average molecular weight is 263 g/mol. The Morgan fingerprint density at radius 3 is 2.79 bits per heavy atom. The van der Waals surface area contributed by atoms with Gasteiger partial charge in [-0.3, -0.25) is 9.89 Å². The summed E-state index contributed by atoms with van der Waals surface area (Å²) >= 11 is 0. The highest BCUT2D eigenvalue weighted by Crippen LogP contribution is 2.13. The molecule has 6 heteroatoms. The molecule has 0 saturated carbocycles. The molecule has 1 unspecified atom stereocenters. The second-order valence-electron chi connectivity index (χ2n) is 4.27. The van der Waals surface area contributed by atoms with Gasteiger partial charge in [-0.15, -0.1) is 0 Å². The van der Waals surface area contributed by atoms with Crippen LogP contribution in [0.15, 0.2) is 24.4 Å². The van der Waals surface area contributed by atoms with Crippen molar-refractivity contribution in [1.82, 2.24) is 15.5 Å². The number of methoxy groups -OCH3 is 2. The van der Waals surface area contributed by atoms with Gasteiger partial charge in [0.25, 0.3) is 5.91 Å². The Hall–Kier alpha value is -1.92. The third-order valence-electron chi connectivity index (χ3n) is 2.94. The molecule has 1 aromatic heterocycles. The van der Waals surface area contributed by atoms with Crippen molar-refractivity contribution in [3.63, 3.8) is 0 Å². The number of nitrogens with one attached hydrogen (secondary N) is 2. The van der Waals surface area contributed by atoms with Gasteiger partial charge < -0.3 is 14.8 Å². The van der Waals surface area contributed by atoms with Gasteiger partial charge in [-0.2, -0.15) is 5.10 Å². The first kappa shape index (κ1) is 13.5. The average Bonchev–Trinajstić information content (AvgIpc) is 2.87. The van der Waals surface area contributed by atoms with Crippen LogP contribution in [0.1, 0.15) is 17.3 Å². The van der Waals surface area contributed by atoms with Gasteiger partial charge in [0.15, 0.2) is 6.29 Å². The maximum atomic E-state index is 12.1. The fraction of sp³-hybridized carbons (Fsp3) is 0.385. The fourth-order valence-corrected chi connectivity index (χ4v) is 1.94. The topological polar surface area (TPSA) is 76.2 Å². The van der Waals surface area contributed by atoms with Crippen molar-refractivity contribution in [1.29, 1.82) is 0 Å². The Bertz CT molecular complexity index is 563. The predicted octanol–water partition coefficient (Wildman–Crippen LogP) is 1.30. The van der Waals surface area contributed by atoms with Crippen LogP contribution in [0, 0.1) is 0 Å². The SMILES string of the molecule is COC(OC)C(C)NC(=O)c1ccc2cn[nH]c2c1. The molecule has 0 radical (unpaired) electrons. The fourth-order valence-electron chi connectivity index (χ4n) is 1.94. The molecule has 0 aliphatic rings. The van der Waals surface area contributed by atoms with E-state index in [1.165, 1.54) is 14.2 Å². The van der Waals surface area contributed by atoms with Gasteiger partial charge in [-0.1, -0.05) is 6.07 Å². The number of aromatic nitrogens is 2. The Morgan fingerprint density at radius 2 is 2.11 bits per heavy atom. The smallest absolute Gasteiger partial charge is 0.251 e. The van der Waals surface area contributed by atoms with Crippen LogP contribution in [0.25, 0.3) is 10.9 Å². The van der Waals surface area contributed by atoms with E-state index in [4.69, 9.17) is 9.47 Å². The van der Waals surface area contributed by atoms with Crippen molar-refractivity contribution in [2.75, 3.05) is 14.2 Å². The molecular formula is C13H17N3O3. The highest BCUT2D eigenvalue weighted by Gasteiger charge is 2.18. The zero-order valence-electron chi connectivity index (χ0n) is 11.1. The molecule has 19 heavy (non-hydrogen) atoms. The van der Waals surface area contributed by atoms with Crippen LogP contribution < -0.4 is 5.32 Å². The first-order valence-corrected chi connectivity index (χ1v) is 5.95. The summed E-state index contributed by atoms with van der Waals surface area (Å²) in [5.41, 5.74) is 1.39. The van der Waals surface area contributed by atoms with Crippen LogP contribution in [0.2, 0.25) is 0 Å². The summed E-state index contributed by atoms with van der Waals surface area (Å²) < 4.78 is 10.2. The summed E-state index contributed by atoms with van der Waals surface area (Å²) in [6, 6.07) is 5.12. The maximum Gasteiger partial charge on any atom is 0.251 e. The number of nitrogens with zero attached hydrogens (tertiary/aromatic N) is 1. The molecule has 1 heterocycles. The molecule has 1 atom stereocenters. The molecule has 102 valence electrons. The second kappa shape index (κ2) is 5.81. The van der Waals surface area contributed by atoms with Gasteiger partial charge in [-0.05, 0) is 19.1 Å². The maximum absolute atomic E-state index is 12.1. The lowest BCUT2D eigenvalue weighted by Gasteiger charge is -2.22. The molecule has 1 amide bonds. The molecule has 6 nitrogen and oxygen atoms in total. The highest BCUT2D eigenvalue weighted by atomic mass is 16.7. The van der Waals surface area contributed by atoms with E-state index >= 15 is 0 Å². The summed E-state index contributed by atoms with van der Waals surface area (Å²) in [6.45, 7) is 1.82. The second-order valence-corrected chi connectivity index (χ2v) is 4.27. The van der Waals surface area contributed by atoms with Crippen LogP contribution in [0.4, 0.5) is 0 Å². The Morgan fingerprint density at radius 1 is 1.37 bits per heavy atom. The van der Waals surface area contributed by atoms with Crippen molar-refractivity contribution < 1.29 is 14.3 Å². The molecule has 0 aliphatic carbocycles. The van der Waals surface area contributed by atoms with E-state index in [0.29, 0.717) is 5.56 Å². The number of H-pyrrole nitrogens is 1. The van der Waals surface area contributed by atoms with Crippen molar-refractivity contribution >= 4 is 16.8 Å². The number of aromatic amines is 1. The van der Waals surface area contributed by atoms with Gasteiger partial charge in [0.1, 0.15) is 0 Å². The van der Waals surface area contributed by atoms with Gasteiger partial charge in [0.2, 0.25) is 0 Å². The molecule has 0 fully saturated rings. The number of carbonyl (C=O) groups excluding carboxylic acids is 1. The number of rotatable bonds is 5. The summed E-state index contributed by atoms with van der Waals surface area (Å²) in [7, 11) is 3.07. The standard InChI is InChI=1S/C13H17N3O3/c1-8(13(18-2)19-3)15-12(17)9-4-5-10-7-14-16-11(10)6-9/h4-8,13H,1-3H3,(H,14,16)(H,15,17). The Kier molecular flexibility index (Phi) is 4.13. The number of amides is 1. The highest BCUT2D eigenvalue weighted by molar-refractivity contribution is 5.97. The van der Waals surface area contributed by atoms with Crippen LogP contribution in [-0.2, 0) is 9.47 Å². The molecule has 0 spiro atoms. The first-order valence-electron chi connectivity index (χ1n) is 5.95. The minimum Gasteiger partial charge on any atom is -0.354 e. The van der Waals surface area contributed by atoms with Crippen LogP contribution >= 0.6 is 0 Å². The monoisotopic (exact) mass is 263 g/mol. The van der Waals surface area contributed by atoms with Crippen molar-refractivity contribution in [2.45, 2.75) is 19.3 Å². The van der Waals surface area contributed by atoms with E-state index in [9.17, 15) is 4.79 Å². The first-order chi connectivity index (χ1) is 9.15. The summed E-state index contributed by atoms with van der Waals surface area (Å²) in [6.07, 6.45) is 1.24. The van der Waals surface area contributed by atoms with Crippen LogP contribution in [0.5, 0.6) is 0 Å². The number of ether oxygens (including phenoxy) is 2. The lowest BCUT2D eigenvalue weighted by Crippen LogP contribution is -2.42. The van der Waals surface area contributed by atoms with Crippen LogP contribution in [0.3, 0.4) is 0 Å². The van der Waals surface area contributed by atoms with Crippen molar-refractivity contribution in [3.8, 4) is 0 Å². The van der Waals surface area contributed by atoms with Gasteiger partial charge in [-0.25, -0.2) is 0 Å². The molecule has 0 saturated heterocycles. The molecule has 2 aromatic rings. The van der Waals surface area contributed by atoms with Crippen molar-refractivity contribution in [2.24, 2.45) is 0 Å². The largest absolute Gasteiger partial charge is 0.354 e. The quantitative estimate of drug-likeness (QED) is 0.797. The van der Waals surface area contributed by atoms with E-state index in [-0.39, 0.29) is 11.9 Å². The van der Waals surface area contributed by atoms with Gasteiger partial charge >= 0.3 is 0 Å². The number of benzene rings is 1. The normalized spacial score (nSPS) is 12.8. The summed E-state index contributed by atoms with van der Waals surface area (Å²) in [5, 5.41) is 10.6. The molecular weight excluding hydrogens is 246 g/mol. The molecule has 1 aromatic carbocycles. The number of hydrogen-bond acceptors (Lipinski definition) is 4. The minimum absolute atomic E-state index is 0.178. The van der Waals surface area contributed by atoms with E-state index in [0.717, 1.165) is 10.9 Å². The molecule has 2 N–H and O–H groups in total. The third-order valence-corrected chi connectivity index (χ3v) is 2.94. The molecule has 2 rings (SSSR count). The predicted molar refractivity (Wildman–Crippen MR) is 70.8 cm³/mol. The van der Waals surface area contributed by atoms with Crippen LogP contribution in [-0.4, -0.2) is 42.7 Å². The lowest BCUT2D eigenvalue weighted by atomic mass is 10.1. The summed E-state index contributed by atoms with van der Waals surface area (Å²) in [5.74, 6) is -0.178. The van der Waals surface area contributed by atoms with Gasteiger partial charge in [0.05, 0.1) is 17.8 Å². The Labute approximate surface area is 111 Å². The lowest BCUT2D eigenvalue weighted by molar-refractivity contribution is -0.117. The zero-order valence-corrected chi connectivity index (χ0v) is 11.1. The minimum atomic E-state index is -0.472. The zero-order chi connectivity index (χ0) is 13.8. The van der Waals surface area contributed by atoms with E-state index in [1.54, 1.807) is 18.3 Å². The molecule has 0 bridgehead atoms. The van der Waals surface area contributed by atoms with E-state index in [2.05, 4.69) is 15.5 Å². The number of carbonyl (C=O) groups is 1. The van der Waals surface area contributed by atoms with Gasteiger partial charge in [0, 0.05) is 25.2 Å². The van der Waals surface area contributed by atoms with Crippen molar-refractivity contribution in [3.05, 3.63) is 30.0 Å². The number of fused-ring (bicyclic) bond motifs is 1. The summed E-state index contributed by atoms with van der Waals surface area (Å²) in [4.78, 5) is 12.1. The van der Waals surface area contributed by atoms with E-state index in [1.807, 2.05) is 13.0 Å². The number of hydrogen-bond donors (Lipinski definition) is 2. The van der Waals surface area contributed by atoms with E-state index < -0.39 is 6.29 Å².